The fourth-order valence-electron chi connectivity index (χ4n) is 2.69. The third-order valence-corrected chi connectivity index (χ3v) is 4.06. The van der Waals surface area contributed by atoms with Gasteiger partial charge in [0.1, 0.15) is 11.9 Å². The van der Waals surface area contributed by atoms with Crippen LogP contribution in [0.15, 0.2) is 24.3 Å². The lowest BCUT2D eigenvalue weighted by atomic mass is 9.98. The molecule has 1 N–H and O–H groups in total. The molecule has 2 atom stereocenters. The maximum atomic E-state index is 12.4. The third-order valence-electron chi connectivity index (χ3n) is 4.06. The van der Waals surface area contributed by atoms with E-state index in [-0.39, 0.29) is 12.5 Å². The van der Waals surface area contributed by atoms with Crippen molar-refractivity contribution in [2.45, 2.75) is 32.5 Å². The van der Waals surface area contributed by atoms with Crippen molar-refractivity contribution < 1.29 is 24.2 Å². The van der Waals surface area contributed by atoms with E-state index in [0.29, 0.717) is 26.0 Å². The van der Waals surface area contributed by atoms with Crippen LogP contribution in [-0.2, 0) is 20.9 Å². The minimum Gasteiger partial charge on any atom is -0.497 e. The molecular weight excluding hydrogens is 298 g/mol. The first kappa shape index (κ1) is 17.3. The first-order valence-electron chi connectivity index (χ1n) is 7.77. The number of carbonyl (C=O) groups excluding carboxylic acids is 1. The summed E-state index contributed by atoms with van der Waals surface area (Å²) in [6.45, 7) is 2.86. The Balaban J connectivity index is 1.88. The molecule has 1 fully saturated rings. The van der Waals surface area contributed by atoms with Crippen LogP contribution in [0.3, 0.4) is 0 Å². The summed E-state index contributed by atoms with van der Waals surface area (Å²) in [7, 11) is 1.60. The average Bonchev–Trinajstić information content (AvgIpc) is 2.59. The molecule has 1 aromatic carbocycles. The highest BCUT2D eigenvalue weighted by atomic mass is 16.5. The van der Waals surface area contributed by atoms with Gasteiger partial charge >= 0.3 is 5.97 Å². The van der Waals surface area contributed by atoms with Crippen LogP contribution in [0.5, 0.6) is 5.75 Å². The average molecular weight is 321 g/mol. The molecule has 1 amide bonds. The molecule has 6 heteroatoms. The summed E-state index contributed by atoms with van der Waals surface area (Å²) in [5.41, 5.74) is 0.922. The summed E-state index contributed by atoms with van der Waals surface area (Å²) in [4.78, 5) is 25.1. The molecule has 1 aromatic rings. The highest BCUT2D eigenvalue weighted by Crippen LogP contribution is 2.19. The molecular formula is C17H23NO5. The molecule has 0 aliphatic carbocycles. The number of carboxylic acids is 1. The van der Waals surface area contributed by atoms with E-state index in [1.165, 1.54) is 0 Å². The predicted molar refractivity (Wildman–Crippen MR) is 84.2 cm³/mol. The number of rotatable bonds is 6. The van der Waals surface area contributed by atoms with Gasteiger partial charge in [0.25, 0.3) is 5.91 Å². The fraction of sp³-hybridized carbons (Fsp3) is 0.529. The van der Waals surface area contributed by atoms with E-state index in [2.05, 4.69) is 0 Å². The monoisotopic (exact) mass is 321 g/mol. The van der Waals surface area contributed by atoms with E-state index in [0.717, 1.165) is 11.3 Å². The van der Waals surface area contributed by atoms with Gasteiger partial charge in [-0.2, -0.15) is 0 Å². The maximum absolute atomic E-state index is 12.4. The van der Waals surface area contributed by atoms with Crippen LogP contribution in [0.2, 0.25) is 0 Å². The number of carboxylic acid groups (broad SMARTS) is 1. The normalized spacial score (nSPS) is 19.2. The zero-order valence-corrected chi connectivity index (χ0v) is 13.5. The Morgan fingerprint density at radius 2 is 2.22 bits per heavy atom. The van der Waals surface area contributed by atoms with Gasteiger partial charge in [0.05, 0.1) is 19.6 Å². The van der Waals surface area contributed by atoms with Gasteiger partial charge in [0, 0.05) is 13.1 Å². The number of likely N-dealkylation sites (tertiary alicyclic amines) is 1. The quantitative estimate of drug-likeness (QED) is 0.866. The molecule has 1 heterocycles. The van der Waals surface area contributed by atoms with Crippen molar-refractivity contribution >= 4 is 11.9 Å². The second-order valence-electron chi connectivity index (χ2n) is 5.77. The molecule has 126 valence electrons. The zero-order valence-electron chi connectivity index (χ0n) is 13.5. The van der Waals surface area contributed by atoms with Crippen molar-refractivity contribution in [2.24, 2.45) is 5.92 Å². The molecule has 1 saturated heterocycles. The maximum Gasteiger partial charge on any atom is 0.308 e. The largest absolute Gasteiger partial charge is 0.497 e. The van der Waals surface area contributed by atoms with Gasteiger partial charge in [-0.25, -0.2) is 0 Å². The number of ether oxygens (including phenoxy) is 2. The van der Waals surface area contributed by atoms with Crippen molar-refractivity contribution in [1.29, 1.82) is 0 Å². The van der Waals surface area contributed by atoms with Crippen LogP contribution in [0, 0.1) is 5.92 Å². The molecule has 0 saturated carbocycles. The minimum absolute atomic E-state index is 0.154. The first-order valence-corrected chi connectivity index (χ1v) is 7.77. The number of piperidine rings is 1. The summed E-state index contributed by atoms with van der Waals surface area (Å²) >= 11 is 0. The molecule has 1 aliphatic heterocycles. The Morgan fingerprint density at radius 3 is 2.91 bits per heavy atom. The Morgan fingerprint density at radius 1 is 1.43 bits per heavy atom. The van der Waals surface area contributed by atoms with Crippen LogP contribution in [0.4, 0.5) is 0 Å². The Hall–Kier alpha value is -2.08. The van der Waals surface area contributed by atoms with Gasteiger partial charge in [0.2, 0.25) is 0 Å². The number of carbonyl (C=O) groups is 2. The predicted octanol–water partition coefficient (Wildman–Crippen LogP) is 1.92. The van der Waals surface area contributed by atoms with E-state index in [1.807, 2.05) is 24.3 Å². The Kier molecular flexibility index (Phi) is 5.98. The second kappa shape index (κ2) is 7.97. The standard InChI is InChI=1S/C17H23NO5/c1-12(23-11-13-5-3-7-15(9-13)22-2)16(19)18-8-4-6-14(10-18)17(20)21/h3,5,7,9,12,14H,4,6,8,10-11H2,1-2H3,(H,20,21). The lowest BCUT2D eigenvalue weighted by Gasteiger charge is -2.32. The summed E-state index contributed by atoms with van der Waals surface area (Å²) in [5.74, 6) is -0.727. The SMILES string of the molecule is COc1cccc(COC(C)C(=O)N2CCCC(C(=O)O)C2)c1. The molecule has 2 unspecified atom stereocenters. The van der Waals surface area contributed by atoms with E-state index < -0.39 is 18.0 Å². The van der Waals surface area contributed by atoms with Crippen LogP contribution in [0.1, 0.15) is 25.3 Å². The zero-order chi connectivity index (χ0) is 16.8. The highest BCUT2D eigenvalue weighted by Gasteiger charge is 2.30. The second-order valence-corrected chi connectivity index (χ2v) is 5.77. The van der Waals surface area contributed by atoms with E-state index >= 15 is 0 Å². The molecule has 0 bridgehead atoms. The number of nitrogens with zero attached hydrogens (tertiary/aromatic N) is 1. The highest BCUT2D eigenvalue weighted by molar-refractivity contribution is 5.81. The van der Waals surface area contributed by atoms with Crippen molar-refractivity contribution in [1.82, 2.24) is 4.90 Å². The van der Waals surface area contributed by atoms with Crippen molar-refractivity contribution in [3.63, 3.8) is 0 Å². The molecule has 1 aliphatic rings. The molecule has 0 aromatic heterocycles. The van der Waals surface area contributed by atoms with E-state index in [1.54, 1.807) is 18.9 Å². The van der Waals surface area contributed by atoms with Gasteiger partial charge in [-0.3, -0.25) is 9.59 Å². The Bertz CT molecular complexity index is 560. The summed E-state index contributed by atoms with van der Waals surface area (Å²) in [6.07, 6.45) is 0.734. The Labute approximate surface area is 136 Å². The lowest BCUT2D eigenvalue weighted by molar-refractivity contribution is -0.150. The first-order chi connectivity index (χ1) is 11.0. The van der Waals surface area contributed by atoms with Gasteiger partial charge in [0.15, 0.2) is 0 Å². The van der Waals surface area contributed by atoms with Gasteiger partial charge in [-0.05, 0) is 37.5 Å². The van der Waals surface area contributed by atoms with Gasteiger partial charge in [-0.15, -0.1) is 0 Å². The van der Waals surface area contributed by atoms with E-state index in [9.17, 15) is 9.59 Å². The van der Waals surface area contributed by atoms with Crippen LogP contribution < -0.4 is 4.74 Å². The number of methoxy groups -OCH3 is 1. The van der Waals surface area contributed by atoms with Crippen LogP contribution in [-0.4, -0.2) is 48.2 Å². The number of hydrogen-bond donors (Lipinski definition) is 1. The molecule has 2 rings (SSSR count). The lowest BCUT2D eigenvalue weighted by Crippen LogP contribution is -2.46. The number of hydrogen-bond acceptors (Lipinski definition) is 4. The van der Waals surface area contributed by atoms with Crippen LogP contribution in [0.25, 0.3) is 0 Å². The third kappa shape index (κ3) is 4.69. The molecule has 23 heavy (non-hydrogen) atoms. The molecule has 6 nitrogen and oxygen atoms in total. The number of benzene rings is 1. The van der Waals surface area contributed by atoms with Gasteiger partial charge < -0.3 is 19.5 Å². The minimum atomic E-state index is -0.840. The van der Waals surface area contributed by atoms with Gasteiger partial charge in [-0.1, -0.05) is 12.1 Å². The smallest absolute Gasteiger partial charge is 0.308 e. The fourth-order valence-corrected chi connectivity index (χ4v) is 2.69. The number of aliphatic carboxylic acids is 1. The van der Waals surface area contributed by atoms with Crippen molar-refractivity contribution in [3.8, 4) is 5.75 Å². The summed E-state index contributed by atoms with van der Waals surface area (Å²) in [6, 6.07) is 7.48. The van der Waals surface area contributed by atoms with Crippen molar-refractivity contribution in [2.75, 3.05) is 20.2 Å². The summed E-state index contributed by atoms with van der Waals surface area (Å²) < 4.78 is 10.8. The topological polar surface area (TPSA) is 76.1 Å². The number of amides is 1. The van der Waals surface area contributed by atoms with Crippen LogP contribution >= 0.6 is 0 Å². The summed E-state index contributed by atoms with van der Waals surface area (Å²) in [5, 5.41) is 9.10. The van der Waals surface area contributed by atoms with E-state index in [4.69, 9.17) is 14.6 Å². The molecule has 0 spiro atoms. The van der Waals surface area contributed by atoms with Crippen molar-refractivity contribution in [3.05, 3.63) is 29.8 Å². The molecule has 0 radical (unpaired) electrons.